The van der Waals surface area contributed by atoms with Crippen LogP contribution in [0.2, 0.25) is 0 Å². The predicted molar refractivity (Wildman–Crippen MR) is 93.6 cm³/mol. The van der Waals surface area contributed by atoms with E-state index in [0.29, 0.717) is 37.3 Å². The number of likely N-dealkylation sites (tertiary alicyclic amines) is 1. The number of aromatic nitrogens is 1. The highest BCUT2D eigenvalue weighted by Crippen LogP contribution is 2.20. The van der Waals surface area contributed by atoms with Crippen molar-refractivity contribution >= 4 is 22.7 Å². The van der Waals surface area contributed by atoms with E-state index in [1.807, 2.05) is 17.0 Å². The number of hydrogen-bond acceptors (Lipinski definition) is 3. The van der Waals surface area contributed by atoms with Crippen LogP contribution < -0.4 is 10.9 Å². The number of urea groups is 1. The molecule has 2 fully saturated rings. The Kier molecular flexibility index (Phi) is 3.91. The molecule has 0 spiro atoms. The molecule has 0 saturated carbocycles. The third-order valence-electron chi connectivity index (χ3n) is 5.00. The number of nitrogens with zero attached hydrogens (tertiary/aromatic N) is 2. The van der Waals surface area contributed by atoms with Crippen LogP contribution in [0.5, 0.6) is 0 Å². The summed E-state index contributed by atoms with van der Waals surface area (Å²) in [6, 6.07) is 8.92. The standard InChI is InChI=1S/C18H20N4O3/c23-16-14-6-2-1-4-12(14)10-15(20-16)17(24)21-8-3-5-13(11-21)22-9-7-19-18(22)25/h1-2,4,6,10,13H,3,5,7-9,11H2,(H,19,25)(H,20,23). The molecule has 1 unspecified atom stereocenters. The fourth-order valence-electron chi connectivity index (χ4n) is 3.72. The van der Waals surface area contributed by atoms with Gasteiger partial charge >= 0.3 is 6.03 Å². The Morgan fingerprint density at radius 3 is 2.80 bits per heavy atom. The second-order valence-corrected chi connectivity index (χ2v) is 6.57. The Bertz CT molecular complexity index is 891. The molecule has 4 rings (SSSR count). The second kappa shape index (κ2) is 6.23. The molecule has 25 heavy (non-hydrogen) atoms. The van der Waals surface area contributed by atoms with E-state index in [1.54, 1.807) is 23.1 Å². The van der Waals surface area contributed by atoms with Gasteiger partial charge in [0.15, 0.2) is 0 Å². The van der Waals surface area contributed by atoms with E-state index in [2.05, 4.69) is 10.3 Å². The van der Waals surface area contributed by atoms with Gasteiger partial charge in [0.25, 0.3) is 11.5 Å². The molecule has 2 saturated heterocycles. The third-order valence-corrected chi connectivity index (χ3v) is 5.00. The van der Waals surface area contributed by atoms with E-state index in [9.17, 15) is 14.4 Å². The van der Waals surface area contributed by atoms with E-state index in [-0.39, 0.29) is 23.5 Å². The lowest BCUT2D eigenvalue weighted by Gasteiger charge is -2.37. The number of benzene rings is 1. The van der Waals surface area contributed by atoms with Crippen molar-refractivity contribution in [3.05, 3.63) is 46.4 Å². The molecule has 130 valence electrons. The average Bonchev–Trinajstić information content (AvgIpc) is 3.07. The molecule has 0 bridgehead atoms. The van der Waals surface area contributed by atoms with Crippen molar-refractivity contribution in [1.82, 2.24) is 20.1 Å². The van der Waals surface area contributed by atoms with Crippen molar-refractivity contribution < 1.29 is 9.59 Å². The number of nitrogens with one attached hydrogen (secondary N) is 2. The quantitative estimate of drug-likeness (QED) is 0.860. The maximum atomic E-state index is 12.9. The molecule has 7 nitrogen and oxygen atoms in total. The zero-order valence-corrected chi connectivity index (χ0v) is 13.8. The summed E-state index contributed by atoms with van der Waals surface area (Å²) in [5, 5.41) is 4.13. The number of piperidine rings is 1. The number of rotatable bonds is 2. The summed E-state index contributed by atoms with van der Waals surface area (Å²) in [5.74, 6) is -0.188. The van der Waals surface area contributed by atoms with Gasteiger partial charge in [-0.15, -0.1) is 0 Å². The molecule has 0 radical (unpaired) electrons. The molecule has 2 aliphatic rings. The lowest BCUT2D eigenvalue weighted by molar-refractivity contribution is 0.0628. The first-order valence-corrected chi connectivity index (χ1v) is 8.59. The van der Waals surface area contributed by atoms with Gasteiger partial charge in [0.05, 0.1) is 6.04 Å². The number of hydrogen-bond donors (Lipinski definition) is 2. The van der Waals surface area contributed by atoms with Crippen LogP contribution in [-0.4, -0.2) is 58.9 Å². The van der Waals surface area contributed by atoms with Crippen molar-refractivity contribution in [2.45, 2.75) is 18.9 Å². The Labute approximate surface area is 144 Å². The van der Waals surface area contributed by atoms with Gasteiger partial charge in [0.1, 0.15) is 5.69 Å². The van der Waals surface area contributed by atoms with E-state index < -0.39 is 0 Å². The molecule has 0 aliphatic carbocycles. The van der Waals surface area contributed by atoms with Gasteiger partial charge < -0.3 is 20.1 Å². The molecule has 2 aromatic rings. The van der Waals surface area contributed by atoms with Crippen molar-refractivity contribution in [1.29, 1.82) is 0 Å². The normalized spacial score (nSPS) is 20.8. The highest BCUT2D eigenvalue weighted by Gasteiger charge is 2.33. The molecule has 2 N–H and O–H groups in total. The first-order chi connectivity index (χ1) is 12.1. The summed E-state index contributed by atoms with van der Waals surface area (Å²) >= 11 is 0. The van der Waals surface area contributed by atoms with Crippen LogP contribution in [-0.2, 0) is 0 Å². The molecule has 3 amide bonds. The van der Waals surface area contributed by atoms with E-state index >= 15 is 0 Å². The fourth-order valence-corrected chi connectivity index (χ4v) is 3.72. The van der Waals surface area contributed by atoms with Crippen LogP contribution in [0.1, 0.15) is 23.3 Å². The summed E-state index contributed by atoms with van der Waals surface area (Å²) < 4.78 is 0. The molecule has 2 aliphatic heterocycles. The van der Waals surface area contributed by atoms with E-state index in [1.165, 1.54) is 0 Å². The third kappa shape index (κ3) is 2.86. The van der Waals surface area contributed by atoms with Gasteiger partial charge in [-0.2, -0.15) is 0 Å². The second-order valence-electron chi connectivity index (χ2n) is 6.57. The smallest absolute Gasteiger partial charge is 0.317 e. The van der Waals surface area contributed by atoms with Gasteiger partial charge in [-0.25, -0.2) is 4.79 Å². The minimum absolute atomic E-state index is 0.0346. The van der Waals surface area contributed by atoms with Crippen molar-refractivity contribution in [2.75, 3.05) is 26.2 Å². The average molecular weight is 340 g/mol. The van der Waals surface area contributed by atoms with Crippen LogP contribution in [0.15, 0.2) is 35.1 Å². The van der Waals surface area contributed by atoms with Crippen LogP contribution in [0.4, 0.5) is 4.79 Å². The summed E-state index contributed by atoms with van der Waals surface area (Å²) in [6.07, 6.45) is 1.74. The van der Waals surface area contributed by atoms with Crippen molar-refractivity contribution in [2.24, 2.45) is 0 Å². The van der Waals surface area contributed by atoms with Crippen molar-refractivity contribution in [3.63, 3.8) is 0 Å². The number of H-pyrrole nitrogens is 1. The number of fused-ring (bicyclic) bond motifs is 1. The Morgan fingerprint density at radius 1 is 1.16 bits per heavy atom. The minimum Gasteiger partial charge on any atom is -0.336 e. The largest absolute Gasteiger partial charge is 0.336 e. The molecule has 1 aromatic heterocycles. The number of amides is 3. The van der Waals surface area contributed by atoms with Gasteiger partial charge in [-0.05, 0) is 30.4 Å². The van der Waals surface area contributed by atoms with Gasteiger partial charge in [-0.1, -0.05) is 18.2 Å². The molecule has 1 atom stereocenters. The lowest BCUT2D eigenvalue weighted by Crippen LogP contribution is -2.51. The minimum atomic E-state index is -0.256. The summed E-state index contributed by atoms with van der Waals surface area (Å²) in [4.78, 5) is 43.2. The topological polar surface area (TPSA) is 85.5 Å². The Hall–Kier alpha value is -2.83. The van der Waals surface area contributed by atoms with E-state index in [0.717, 1.165) is 18.2 Å². The fraction of sp³-hybridized carbons (Fsp3) is 0.389. The summed E-state index contributed by atoms with van der Waals surface area (Å²) in [5.41, 5.74) is 0.0455. The van der Waals surface area contributed by atoms with Gasteiger partial charge in [-0.3, -0.25) is 9.59 Å². The predicted octanol–water partition coefficient (Wildman–Crippen LogP) is 1.16. The number of carbonyl (C=O) groups is 2. The molecular weight excluding hydrogens is 320 g/mol. The molecular formula is C18H20N4O3. The van der Waals surface area contributed by atoms with Gasteiger partial charge in [0.2, 0.25) is 0 Å². The SMILES string of the molecule is O=C(c1cc2ccccc2c(=O)[nH]1)N1CCCC(N2CCNC2=O)C1. The van der Waals surface area contributed by atoms with Gasteiger partial charge in [0, 0.05) is 31.6 Å². The number of pyridine rings is 1. The molecule has 3 heterocycles. The monoisotopic (exact) mass is 340 g/mol. The first kappa shape index (κ1) is 15.7. The highest BCUT2D eigenvalue weighted by molar-refractivity contribution is 5.96. The Morgan fingerprint density at radius 2 is 2.00 bits per heavy atom. The maximum Gasteiger partial charge on any atom is 0.317 e. The highest BCUT2D eigenvalue weighted by atomic mass is 16.2. The first-order valence-electron chi connectivity index (χ1n) is 8.59. The maximum absolute atomic E-state index is 12.9. The number of carbonyl (C=O) groups excluding carboxylic acids is 2. The van der Waals surface area contributed by atoms with E-state index in [4.69, 9.17) is 0 Å². The molecule has 7 heteroatoms. The summed E-state index contributed by atoms with van der Waals surface area (Å²) in [7, 11) is 0. The zero-order valence-electron chi connectivity index (χ0n) is 13.8. The number of aromatic amines is 1. The van der Waals surface area contributed by atoms with Crippen LogP contribution >= 0.6 is 0 Å². The van der Waals surface area contributed by atoms with Crippen LogP contribution in [0, 0.1) is 0 Å². The lowest BCUT2D eigenvalue weighted by atomic mass is 10.0. The van der Waals surface area contributed by atoms with Crippen LogP contribution in [0.25, 0.3) is 10.8 Å². The zero-order chi connectivity index (χ0) is 17.4. The molecule has 1 aromatic carbocycles. The van der Waals surface area contributed by atoms with Crippen molar-refractivity contribution in [3.8, 4) is 0 Å². The Balaban J connectivity index is 1.58. The summed E-state index contributed by atoms with van der Waals surface area (Å²) in [6.45, 7) is 2.47. The van der Waals surface area contributed by atoms with Crippen LogP contribution in [0.3, 0.4) is 0 Å².